The van der Waals surface area contributed by atoms with Crippen molar-refractivity contribution in [1.29, 1.82) is 0 Å². The summed E-state index contributed by atoms with van der Waals surface area (Å²) in [5.74, 6) is -0.00272. The summed E-state index contributed by atoms with van der Waals surface area (Å²) in [4.78, 5) is 25.5. The minimum Gasteiger partial charge on any atom is -0.289 e. The van der Waals surface area contributed by atoms with Crippen molar-refractivity contribution in [2.24, 2.45) is 0 Å². The predicted molar refractivity (Wildman–Crippen MR) is 141 cm³/mol. The van der Waals surface area contributed by atoms with Crippen LogP contribution in [0.4, 0.5) is 0 Å². The van der Waals surface area contributed by atoms with Crippen molar-refractivity contribution in [3.63, 3.8) is 0 Å². The third kappa shape index (κ3) is 8.28. The van der Waals surface area contributed by atoms with E-state index < -0.39 is 0 Å². The van der Waals surface area contributed by atoms with Crippen LogP contribution >= 0.6 is 0 Å². The lowest BCUT2D eigenvalue weighted by Crippen LogP contribution is -2.20. The molecule has 0 N–H and O–H groups in total. The molecule has 2 nitrogen and oxygen atoms in total. The maximum absolute atomic E-state index is 12.9. The predicted octanol–water partition coefficient (Wildman–Crippen LogP) is 8.92. The van der Waals surface area contributed by atoms with Crippen LogP contribution in [0, 0.1) is 0 Å². The lowest BCUT2D eigenvalue weighted by atomic mass is 9.82. The van der Waals surface area contributed by atoms with Crippen LogP contribution in [0.25, 0.3) is 0 Å². The fourth-order valence-corrected chi connectivity index (χ4v) is 4.08. The van der Waals surface area contributed by atoms with Gasteiger partial charge in [0.1, 0.15) is 0 Å². The van der Waals surface area contributed by atoms with Crippen LogP contribution in [0.3, 0.4) is 0 Å². The molecule has 176 valence electrons. The van der Waals surface area contributed by atoms with Gasteiger partial charge in [0.25, 0.3) is 0 Å². The van der Waals surface area contributed by atoms with Gasteiger partial charge < -0.3 is 0 Å². The lowest BCUT2D eigenvalue weighted by molar-refractivity contribution is 0.0972. The molecule has 0 aliphatic heterocycles. The van der Waals surface area contributed by atoms with Crippen molar-refractivity contribution in [3.05, 3.63) is 93.1 Å². The summed E-state index contributed by atoms with van der Waals surface area (Å²) in [5, 5.41) is 0. The van der Waals surface area contributed by atoms with Gasteiger partial charge in [-0.15, -0.1) is 0 Å². The summed E-state index contributed by atoms with van der Waals surface area (Å²) in [6.07, 6.45) is 16.0. The van der Waals surface area contributed by atoms with E-state index in [2.05, 4.69) is 58.9 Å². The summed E-state index contributed by atoms with van der Waals surface area (Å²) in [5.41, 5.74) is 7.89. The molecule has 0 atom stereocenters. The van der Waals surface area contributed by atoms with Gasteiger partial charge in [0.05, 0.1) is 0 Å². The van der Waals surface area contributed by atoms with Crippen LogP contribution in [0.5, 0.6) is 0 Å². The number of allylic oxidation sites excluding steroid dienone is 10. The number of hydrogen-bond donors (Lipinski definition) is 0. The van der Waals surface area contributed by atoms with E-state index in [4.69, 9.17) is 0 Å². The lowest BCUT2D eigenvalue weighted by Gasteiger charge is -2.19. The summed E-state index contributed by atoms with van der Waals surface area (Å²) in [6.45, 7) is 12.6. The molecule has 0 spiro atoms. The maximum atomic E-state index is 12.9. The average molecular weight is 445 g/mol. The van der Waals surface area contributed by atoms with Crippen LogP contribution < -0.4 is 0 Å². The van der Waals surface area contributed by atoms with E-state index in [1.54, 1.807) is 19.1 Å². The summed E-state index contributed by atoms with van der Waals surface area (Å²) in [6, 6.07) is 7.15. The quantitative estimate of drug-likeness (QED) is 0.319. The molecule has 1 aromatic rings. The highest BCUT2D eigenvalue weighted by atomic mass is 16.1. The molecule has 0 amide bonds. The molecule has 1 aliphatic carbocycles. The Morgan fingerprint density at radius 2 is 1.21 bits per heavy atom. The van der Waals surface area contributed by atoms with E-state index >= 15 is 0 Å². The highest BCUT2D eigenvalue weighted by Crippen LogP contribution is 2.29. The van der Waals surface area contributed by atoms with Gasteiger partial charge in [-0.25, -0.2) is 0 Å². The molecule has 2 heteroatoms. The SMILES string of the molecule is CC(C)=CCC/C(C)=C/CC/C(C)=C/C/C=C(\C)CCC1=C(C)C(=O)c2ccccc2C1=O. The molecular formula is C31H40O2. The molecular weight excluding hydrogens is 404 g/mol. The normalized spacial score (nSPS) is 15.2. The Labute approximate surface area is 200 Å². The van der Waals surface area contributed by atoms with Crippen LogP contribution in [0.1, 0.15) is 107 Å². The van der Waals surface area contributed by atoms with Crippen LogP contribution in [0.2, 0.25) is 0 Å². The van der Waals surface area contributed by atoms with E-state index in [1.165, 1.54) is 22.3 Å². The van der Waals surface area contributed by atoms with E-state index in [-0.39, 0.29) is 11.6 Å². The summed E-state index contributed by atoms with van der Waals surface area (Å²) < 4.78 is 0. The zero-order valence-corrected chi connectivity index (χ0v) is 21.4. The highest BCUT2D eigenvalue weighted by Gasteiger charge is 2.28. The fourth-order valence-electron chi connectivity index (χ4n) is 4.08. The largest absolute Gasteiger partial charge is 0.289 e. The van der Waals surface area contributed by atoms with Crippen LogP contribution in [-0.4, -0.2) is 11.6 Å². The monoisotopic (exact) mass is 444 g/mol. The number of ketones is 2. The van der Waals surface area contributed by atoms with E-state index in [1.807, 2.05) is 12.1 Å². The Bertz CT molecular complexity index is 1020. The Balaban J connectivity index is 1.83. The molecule has 33 heavy (non-hydrogen) atoms. The number of carbonyl (C=O) groups excluding carboxylic acids is 2. The molecule has 0 aromatic heterocycles. The number of benzene rings is 1. The first kappa shape index (κ1) is 26.5. The third-order valence-electron chi connectivity index (χ3n) is 6.31. The molecule has 0 heterocycles. The average Bonchev–Trinajstić information content (AvgIpc) is 2.77. The number of Topliss-reactive ketones (excluding diaryl/α,β-unsaturated/α-hetero) is 2. The van der Waals surface area contributed by atoms with Crippen molar-refractivity contribution in [2.75, 3.05) is 0 Å². The first-order valence-electron chi connectivity index (χ1n) is 12.2. The van der Waals surface area contributed by atoms with Gasteiger partial charge in [-0.05, 0) is 86.5 Å². The molecule has 0 saturated carbocycles. The van der Waals surface area contributed by atoms with Crippen LogP contribution in [0.15, 0.2) is 82.0 Å². The van der Waals surface area contributed by atoms with Crippen molar-refractivity contribution in [3.8, 4) is 0 Å². The zero-order chi connectivity index (χ0) is 24.4. The number of hydrogen-bond acceptors (Lipinski definition) is 2. The molecule has 0 unspecified atom stereocenters. The number of rotatable bonds is 11. The topological polar surface area (TPSA) is 34.1 Å². The molecule has 0 saturated heterocycles. The molecule has 0 bridgehead atoms. The molecule has 1 aliphatic rings. The van der Waals surface area contributed by atoms with Gasteiger partial charge in [-0.2, -0.15) is 0 Å². The van der Waals surface area contributed by atoms with Crippen molar-refractivity contribution >= 4 is 11.6 Å². The van der Waals surface area contributed by atoms with E-state index in [9.17, 15) is 9.59 Å². The number of carbonyl (C=O) groups is 2. The Hall–Kier alpha value is -2.74. The van der Waals surface area contributed by atoms with E-state index in [0.717, 1.165) is 38.5 Å². The Kier molecular flexibility index (Phi) is 10.5. The standard InChI is InChI=1S/C31H40O2/c1-22(2)12-9-13-23(3)14-10-15-24(4)16-11-17-25(5)20-21-27-26(6)30(32)28-18-7-8-19-29(28)31(27)33/h7-8,12,14,16-19H,9-11,13,15,20-21H2,1-6H3/b23-14+,24-16+,25-17+. The minimum atomic E-state index is -0.0124. The van der Waals surface area contributed by atoms with Crippen LogP contribution in [-0.2, 0) is 0 Å². The third-order valence-corrected chi connectivity index (χ3v) is 6.31. The van der Waals surface area contributed by atoms with Gasteiger partial charge >= 0.3 is 0 Å². The van der Waals surface area contributed by atoms with Gasteiger partial charge in [0.15, 0.2) is 11.6 Å². The van der Waals surface area contributed by atoms with E-state index in [0.29, 0.717) is 28.7 Å². The molecule has 0 fully saturated rings. The minimum absolute atomic E-state index is 0.00967. The smallest absolute Gasteiger partial charge is 0.190 e. The summed E-state index contributed by atoms with van der Waals surface area (Å²) >= 11 is 0. The van der Waals surface area contributed by atoms with Gasteiger partial charge in [0, 0.05) is 22.3 Å². The van der Waals surface area contributed by atoms with Crippen molar-refractivity contribution in [2.45, 2.75) is 86.5 Å². The van der Waals surface area contributed by atoms with Gasteiger partial charge in [-0.1, -0.05) is 70.9 Å². The van der Waals surface area contributed by atoms with Crippen molar-refractivity contribution < 1.29 is 9.59 Å². The van der Waals surface area contributed by atoms with Crippen molar-refractivity contribution in [1.82, 2.24) is 0 Å². The summed E-state index contributed by atoms with van der Waals surface area (Å²) in [7, 11) is 0. The first-order valence-corrected chi connectivity index (χ1v) is 12.2. The molecule has 0 radical (unpaired) electrons. The first-order chi connectivity index (χ1) is 15.7. The second-order valence-electron chi connectivity index (χ2n) is 9.55. The second-order valence-corrected chi connectivity index (χ2v) is 9.55. The van der Waals surface area contributed by atoms with Gasteiger partial charge in [0.2, 0.25) is 0 Å². The van der Waals surface area contributed by atoms with Gasteiger partial charge in [-0.3, -0.25) is 9.59 Å². The molecule has 2 rings (SSSR count). The Morgan fingerprint density at radius 1 is 0.697 bits per heavy atom. The second kappa shape index (κ2) is 13.1. The maximum Gasteiger partial charge on any atom is 0.190 e. The highest BCUT2D eigenvalue weighted by molar-refractivity contribution is 6.26. The molecule has 1 aromatic carbocycles. The number of fused-ring (bicyclic) bond motifs is 1. The fraction of sp³-hybridized carbons (Fsp3) is 0.419. The zero-order valence-electron chi connectivity index (χ0n) is 21.4. The Morgan fingerprint density at radius 3 is 1.82 bits per heavy atom.